The smallest absolute Gasteiger partial charge is 0.408 e. The monoisotopic (exact) mass is 341 g/mol. The van der Waals surface area contributed by atoms with E-state index in [9.17, 15) is 14.4 Å². The lowest BCUT2D eigenvalue weighted by Crippen LogP contribution is -2.41. The molecule has 0 aliphatic rings. The van der Waals surface area contributed by atoms with E-state index in [0.29, 0.717) is 5.75 Å². The van der Waals surface area contributed by atoms with Gasteiger partial charge in [-0.05, 0) is 17.7 Å². The molecule has 1 aromatic carbocycles. The molecule has 0 spiro atoms. The van der Waals surface area contributed by atoms with Crippen LogP contribution in [0, 0.1) is 0 Å². The minimum Gasteiger partial charge on any atom is -0.480 e. The number of benzene rings is 1. The summed E-state index contributed by atoms with van der Waals surface area (Å²) in [6.07, 6.45) is -0.590. The summed E-state index contributed by atoms with van der Waals surface area (Å²) in [4.78, 5) is 33.3. The van der Waals surface area contributed by atoms with Crippen LogP contribution in [-0.4, -0.2) is 40.9 Å². The number of carboxylic acids is 1. The van der Waals surface area contributed by atoms with Gasteiger partial charge >= 0.3 is 18.0 Å². The maximum Gasteiger partial charge on any atom is 0.408 e. The lowest BCUT2D eigenvalue weighted by molar-refractivity contribution is -0.140. The fourth-order valence-electron chi connectivity index (χ4n) is 1.55. The van der Waals surface area contributed by atoms with Gasteiger partial charge < -0.3 is 19.9 Å². The van der Waals surface area contributed by atoms with E-state index in [4.69, 9.17) is 14.6 Å². The second kappa shape index (κ2) is 10.5. The number of ether oxygens (including phenoxy) is 2. The topological polar surface area (TPSA) is 102 Å². The van der Waals surface area contributed by atoms with Crippen molar-refractivity contribution in [2.45, 2.75) is 26.0 Å². The van der Waals surface area contributed by atoms with Crippen LogP contribution < -0.4 is 5.32 Å². The SMILES string of the molecule is CC(=O)OCSCC[C@H](NC(=O)OCc1ccccc1)C(=O)O. The van der Waals surface area contributed by atoms with Crippen LogP contribution in [-0.2, 0) is 25.7 Å². The van der Waals surface area contributed by atoms with Crippen molar-refractivity contribution in [1.82, 2.24) is 5.32 Å². The number of hydrogen-bond donors (Lipinski definition) is 2. The van der Waals surface area contributed by atoms with Crippen molar-refractivity contribution in [3.05, 3.63) is 35.9 Å². The van der Waals surface area contributed by atoms with Gasteiger partial charge in [0.05, 0.1) is 0 Å². The first kappa shape index (κ1) is 18.8. The van der Waals surface area contributed by atoms with Crippen molar-refractivity contribution >= 4 is 29.8 Å². The molecule has 1 amide bonds. The summed E-state index contributed by atoms with van der Waals surface area (Å²) in [6.45, 7) is 1.37. The number of alkyl carbamates (subject to hydrolysis) is 1. The van der Waals surface area contributed by atoms with E-state index in [1.54, 1.807) is 12.1 Å². The molecule has 0 fully saturated rings. The van der Waals surface area contributed by atoms with Crippen molar-refractivity contribution in [2.75, 3.05) is 11.7 Å². The van der Waals surface area contributed by atoms with Gasteiger partial charge in [0, 0.05) is 6.92 Å². The Morgan fingerprint density at radius 1 is 1.22 bits per heavy atom. The van der Waals surface area contributed by atoms with Gasteiger partial charge in [-0.1, -0.05) is 30.3 Å². The number of esters is 1. The maximum atomic E-state index is 11.6. The summed E-state index contributed by atoms with van der Waals surface area (Å²) in [5.74, 6) is -0.965. The van der Waals surface area contributed by atoms with Gasteiger partial charge in [0.15, 0.2) is 0 Å². The number of carboxylic acid groups (broad SMARTS) is 1. The number of carbonyl (C=O) groups is 3. The number of thioether (sulfide) groups is 1. The van der Waals surface area contributed by atoms with Gasteiger partial charge in [-0.3, -0.25) is 4.79 Å². The standard InChI is InChI=1S/C15H19NO6S/c1-11(17)22-10-23-8-7-13(14(18)19)16-15(20)21-9-12-5-3-2-4-6-12/h2-6,13H,7-10H2,1H3,(H,16,20)(H,18,19)/t13-/m0/s1. The Morgan fingerprint density at radius 3 is 2.52 bits per heavy atom. The summed E-state index contributed by atoms with van der Waals surface area (Å²) in [6, 6.07) is 8.02. The molecule has 0 radical (unpaired) electrons. The van der Waals surface area contributed by atoms with Crippen molar-refractivity contribution in [1.29, 1.82) is 0 Å². The third-order valence-corrected chi connectivity index (χ3v) is 3.51. The lowest BCUT2D eigenvalue weighted by atomic mass is 10.2. The van der Waals surface area contributed by atoms with E-state index in [-0.39, 0.29) is 19.0 Å². The second-order valence-corrected chi connectivity index (χ2v) is 5.60. The van der Waals surface area contributed by atoms with Gasteiger partial charge in [0.25, 0.3) is 0 Å². The normalized spacial score (nSPS) is 11.3. The quantitative estimate of drug-likeness (QED) is 0.402. The van der Waals surface area contributed by atoms with Crippen LogP contribution in [0.2, 0.25) is 0 Å². The Bertz CT molecular complexity index is 522. The zero-order valence-corrected chi connectivity index (χ0v) is 13.5. The Balaban J connectivity index is 2.29. The lowest BCUT2D eigenvalue weighted by Gasteiger charge is -2.14. The largest absolute Gasteiger partial charge is 0.480 e. The van der Waals surface area contributed by atoms with Gasteiger partial charge in [-0.15, -0.1) is 11.8 Å². The van der Waals surface area contributed by atoms with Crippen LogP contribution >= 0.6 is 11.8 Å². The molecule has 2 N–H and O–H groups in total. The van der Waals surface area contributed by atoms with Crippen LogP contribution in [0.15, 0.2) is 30.3 Å². The predicted molar refractivity (Wildman–Crippen MR) is 84.9 cm³/mol. The third kappa shape index (κ3) is 8.72. The highest BCUT2D eigenvalue weighted by molar-refractivity contribution is 7.99. The van der Waals surface area contributed by atoms with E-state index in [2.05, 4.69) is 5.32 Å². The van der Waals surface area contributed by atoms with Crippen LogP contribution in [0.4, 0.5) is 4.79 Å². The maximum absolute atomic E-state index is 11.6. The first-order chi connectivity index (χ1) is 11.0. The van der Waals surface area contributed by atoms with E-state index in [0.717, 1.165) is 5.56 Å². The van der Waals surface area contributed by atoms with Crippen molar-refractivity contribution in [3.63, 3.8) is 0 Å². The summed E-state index contributed by atoms with van der Waals surface area (Å²) in [5, 5.41) is 11.4. The highest BCUT2D eigenvalue weighted by Gasteiger charge is 2.20. The Labute approximate surface area is 138 Å². The second-order valence-electron chi connectivity index (χ2n) is 4.55. The highest BCUT2D eigenvalue weighted by Crippen LogP contribution is 2.07. The van der Waals surface area contributed by atoms with Crippen LogP contribution in [0.1, 0.15) is 18.9 Å². The van der Waals surface area contributed by atoms with Crippen molar-refractivity contribution in [2.24, 2.45) is 0 Å². The van der Waals surface area contributed by atoms with Crippen LogP contribution in [0.25, 0.3) is 0 Å². The molecule has 0 heterocycles. The zero-order chi connectivity index (χ0) is 17.1. The summed E-state index contributed by atoms with van der Waals surface area (Å²) >= 11 is 1.27. The van der Waals surface area contributed by atoms with Gasteiger partial charge in [-0.25, -0.2) is 9.59 Å². The molecule has 1 atom stereocenters. The molecular weight excluding hydrogens is 322 g/mol. The number of rotatable bonds is 9. The van der Waals surface area contributed by atoms with Crippen molar-refractivity contribution < 1.29 is 29.0 Å². The van der Waals surface area contributed by atoms with Crippen LogP contribution in [0.3, 0.4) is 0 Å². The van der Waals surface area contributed by atoms with Gasteiger partial charge in [0.1, 0.15) is 18.6 Å². The molecule has 0 aromatic heterocycles. The van der Waals surface area contributed by atoms with Crippen molar-refractivity contribution in [3.8, 4) is 0 Å². The molecule has 23 heavy (non-hydrogen) atoms. The number of hydrogen-bond acceptors (Lipinski definition) is 6. The predicted octanol–water partition coefficient (Wildman–Crippen LogP) is 2.01. The molecule has 0 saturated carbocycles. The van der Waals surface area contributed by atoms with Gasteiger partial charge in [0.2, 0.25) is 0 Å². The molecule has 0 bridgehead atoms. The fraction of sp³-hybridized carbons (Fsp3) is 0.400. The summed E-state index contributed by atoms with van der Waals surface area (Å²) < 4.78 is 9.70. The van der Waals surface area contributed by atoms with E-state index >= 15 is 0 Å². The third-order valence-electron chi connectivity index (χ3n) is 2.70. The molecule has 0 unspecified atom stereocenters. The molecule has 8 heteroatoms. The molecule has 0 aliphatic heterocycles. The molecular formula is C15H19NO6S. The molecule has 126 valence electrons. The first-order valence-electron chi connectivity index (χ1n) is 6.90. The fourth-order valence-corrected chi connectivity index (χ4v) is 2.32. The average molecular weight is 341 g/mol. The minimum atomic E-state index is -1.14. The molecule has 1 aromatic rings. The molecule has 7 nitrogen and oxygen atoms in total. The minimum absolute atomic E-state index is 0.0697. The van der Waals surface area contributed by atoms with E-state index in [1.165, 1.54) is 18.7 Å². The molecule has 0 saturated heterocycles. The van der Waals surface area contributed by atoms with Crippen LogP contribution in [0.5, 0.6) is 0 Å². The Hall–Kier alpha value is -2.22. The highest BCUT2D eigenvalue weighted by atomic mass is 32.2. The van der Waals surface area contributed by atoms with E-state index in [1.807, 2.05) is 18.2 Å². The number of nitrogens with one attached hydrogen (secondary N) is 1. The molecule has 1 rings (SSSR count). The summed E-state index contributed by atoms with van der Waals surface area (Å²) in [5.41, 5.74) is 0.812. The number of aliphatic carboxylic acids is 1. The van der Waals surface area contributed by atoms with E-state index < -0.39 is 24.1 Å². The van der Waals surface area contributed by atoms with Gasteiger partial charge in [-0.2, -0.15) is 0 Å². The molecule has 0 aliphatic carbocycles. The Morgan fingerprint density at radius 2 is 1.91 bits per heavy atom. The Kier molecular flexibility index (Phi) is 8.59. The first-order valence-corrected chi connectivity index (χ1v) is 8.05. The summed E-state index contributed by atoms with van der Waals surface area (Å²) in [7, 11) is 0. The number of carbonyl (C=O) groups excluding carboxylic acids is 2. The average Bonchev–Trinajstić information content (AvgIpc) is 2.52. The zero-order valence-electron chi connectivity index (χ0n) is 12.7. The number of amides is 1.